The van der Waals surface area contributed by atoms with E-state index in [1.165, 1.54) is 6.92 Å². The van der Waals surface area contributed by atoms with Crippen molar-refractivity contribution < 1.29 is 19.1 Å². The van der Waals surface area contributed by atoms with Crippen LogP contribution in [0.1, 0.15) is 30.1 Å². The van der Waals surface area contributed by atoms with Gasteiger partial charge in [0.15, 0.2) is 17.3 Å². The molecule has 1 aromatic carbocycles. The molecular weight excluding hydrogens is 320 g/mol. The molecule has 2 atom stereocenters. The zero-order chi connectivity index (χ0) is 17.8. The second kappa shape index (κ2) is 7.87. The molecule has 1 N–H and O–H groups in total. The Morgan fingerprint density at radius 1 is 1.20 bits per heavy atom. The van der Waals surface area contributed by atoms with Crippen LogP contribution in [0.15, 0.2) is 18.2 Å². The van der Waals surface area contributed by atoms with E-state index in [0.717, 1.165) is 26.2 Å². The maximum absolute atomic E-state index is 12.3. The molecule has 0 saturated carbocycles. The predicted molar refractivity (Wildman–Crippen MR) is 94.2 cm³/mol. The van der Waals surface area contributed by atoms with Gasteiger partial charge in [-0.1, -0.05) is 0 Å². The van der Waals surface area contributed by atoms with Crippen LogP contribution in [-0.2, 0) is 4.79 Å². The molecule has 2 aliphatic heterocycles. The van der Waals surface area contributed by atoms with Crippen molar-refractivity contribution in [2.24, 2.45) is 11.8 Å². The summed E-state index contributed by atoms with van der Waals surface area (Å²) in [6, 6.07) is 5.15. The van der Waals surface area contributed by atoms with E-state index in [1.807, 2.05) is 4.90 Å². The average Bonchev–Trinajstić information content (AvgIpc) is 3.20. The van der Waals surface area contributed by atoms with Gasteiger partial charge in [0, 0.05) is 38.2 Å². The van der Waals surface area contributed by atoms with Gasteiger partial charge in [0.05, 0.1) is 13.7 Å². The van der Waals surface area contributed by atoms with Gasteiger partial charge in [0.2, 0.25) is 5.91 Å². The molecule has 25 heavy (non-hydrogen) atoms. The molecule has 6 nitrogen and oxygen atoms in total. The van der Waals surface area contributed by atoms with Crippen LogP contribution in [0.4, 0.5) is 0 Å². The van der Waals surface area contributed by atoms with Crippen LogP contribution in [-0.4, -0.2) is 56.5 Å². The number of nitrogens with zero attached hydrogens (tertiary/aromatic N) is 1. The molecule has 0 spiro atoms. The van der Waals surface area contributed by atoms with Gasteiger partial charge < -0.3 is 19.7 Å². The van der Waals surface area contributed by atoms with Crippen LogP contribution in [0.5, 0.6) is 11.5 Å². The quantitative estimate of drug-likeness (QED) is 0.602. The minimum atomic E-state index is -0.0129. The topological polar surface area (TPSA) is 67.9 Å². The SMILES string of the molecule is COc1cc(C(C)=O)ccc1OCCCC(=O)N1C[C@H]2CNC[C@H]2C1. The minimum Gasteiger partial charge on any atom is -0.493 e. The minimum absolute atomic E-state index is 0.0129. The number of likely N-dealkylation sites (tertiary alicyclic amines) is 1. The largest absolute Gasteiger partial charge is 0.493 e. The molecule has 2 aliphatic rings. The highest BCUT2D eigenvalue weighted by molar-refractivity contribution is 5.94. The van der Waals surface area contributed by atoms with E-state index in [4.69, 9.17) is 9.47 Å². The number of ketones is 1. The number of carbonyl (C=O) groups is 2. The summed E-state index contributed by atoms with van der Waals surface area (Å²) in [4.78, 5) is 25.7. The first-order valence-electron chi connectivity index (χ1n) is 8.88. The average molecular weight is 346 g/mol. The lowest BCUT2D eigenvalue weighted by Gasteiger charge is -2.17. The van der Waals surface area contributed by atoms with E-state index in [2.05, 4.69) is 5.32 Å². The molecule has 0 aliphatic carbocycles. The zero-order valence-corrected chi connectivity index (χ0v) is 14.9. The van der Waals surface area contributed by atoms with Crippen molar-refractivity contribution in [2.45, 2.75) is 19.8 Å². The maximum Gasteiger partial charge on any atom is 0.222 e. The number of ether oxygens (including phenoxy) is 2. The highest BCUT2D eigenvalue weighted by atomic mass is 16.5. The molecule has 3 rings (SSSR count). The first-order valence-corrected chi connectivity index (χ1v) is 8.88. The number of carbonyl (C=O) groups excluding carboxylic acids is 2. The number of hydrogen-bond donors (Lipinski definition) is 1. The number of amides is 1. The number of Topliss-reactive ketones (excluding diaryl/α,β-unsaturated/α-hetero) is 1. The summed E-state index contributed by atoms with van der Waals surface area (Å²) in [5.41, 5.74) is 0.591. The predicted octanol–water partition coefficient (Wildman–Crippen LogP) is 1.73. The summed E-state index contributed by atoms with van der Waals surface area (Å²) in [5.74, 6) is 2.60. The summed E-state index contributed by atoms with van der Waals surface area (Å²) in [6.07, 6.45) is 1.17. The maximum atomic E-state index is 12.3. The monoisotopic (exact) mass is 346 g/mol. The van der Waals surface area contributed by atoms with Gasteiger partial charge in [0.25, 0.3) is 0 Å². The Kier molecular flexibility index (Phi) is 5.58. The van der Waals surface area contributed by atoms with Crippen LogP contribution in [0.25, 0.3) is 0 Å². The molecule has 1 aromatic rings. The van der Waals surface area contributed by atoms with E-state index >= 15 is 0 Å². The van der Waals surface area contributed by atoms with Gasteiger partial charge in [0.1, 0.15) is 0 Å². The number of hydrogen-bond acceptors (Lipinski definition) is 5. The Bertz CT molecular complexity index is 634. The lowest BCUT2D eigenvalue weighted by molar-refractivity contribution is -0.130. The summed E-state index contributed by atoms with van der Waals surface area (Å²) < 4.78 is 11.0. The van der Waals surface area contributed by atoms with Gasteiger partial charge in [-0.25, -0.2) is 0 Å². The normalized spacial score (nSPS) is 21.9. The molecule has 0 aromatic heterocycles. The van der Waals surface area contributed by atoms with Crippen LogP contribution in [0, 0.1) is 11.8 Å². The fourth-order valence-electron chi connectivity index (χ4n) is 3.63. The fourth-order valence-corrected chi connectivity index (χ4v) is 3.63. The molecule has 2 saturated heterocycles. The summed E-state index contributed by atoms with van der Waals surface area (Å²) >= 11 is 0. The van der Waals surface area contributed by atoms with Crippen molar-refractivity contribution in [3.05, 3.63) is 23.8 Å². The van der Waals surface area contributed by atoms with E-state index < -0.39 is 0 Å². The number of rotatable bonds is 7. The van der Waals surface area contributed by atoms with Crippen molar-refractivity contribution in [1.29, 1.82) is 0 Å². The standard InChI is InChI=1S/C19H26N2O4/c1-13(22)14-5-6-17(18(8-14)24-2)25-7-3-4-19(23)21-11-15-9-20-10-16(15)12-21/h5-6,8,15-16,20H,3-4,7,9-12H2,1-2H3/t15-,16+. The van der Waals surface area contributed by atoms with Gasteiger partial charge in [-0.2, -0.15) is 0 Å². The third kappa shape index (κ3) is 4.12. The fraction of sp³-hybridized carbons (Fsp3) is 0.579. The lowest BCUT2D eigenvalue weighted by atomic mass is 10.0. The van der Waals surface area contributed by atoms with Crippen LogP contribution in [0.3, 0.4) is 0 Å². The summed E-state index contributed by atoms with van der Waals surface area (Å²) in [7, 11) is 1.55. The van der Waals surface area contributed by atoms with Crippen molar-refractivity contribution in [2.75, 3.05) is 39.9 Å². The molecule has 0 unspecified atom stereocenters. The number of methoxy groups -OCH3 is 1. The van der Waals surface area contributed by atoms with E-state index in [9.17, 15) is 9.59 Å². The first kappa shape index (κ1) is 17.7. The van der Waals surface area contributed by atoms with E-state index in [-0.39, 0.29) is 11.7 Å². The van der Waals surface area contributed by atoms with Crippen LogP contribution in [0.2, 0.25) is 0 Å². The van der Waals surface area contributed by atoms with E-state index in [1.54, 1.807) is 25.3 Å². The third-order valence-corrected chi connectivity index (χ3v) is 5.10. The molecule has 1 amide bonds. The number of nitrogens with one attached hydrogen (secondary N) is 1. The van der Waals surface area contributed by atoms with Gasteiger partial charge >= 0.3 is 0 Å². The summed E-state index contributed by atoms with van der Waals surface area (Å²) in [5, 5.41) is 3.38. The molecule has 0 radical (unpaired) electrons. The molecular formula is C19H26N2O4. The van der Waals surface area contributed by atoms with Crippen LogP contribution >= 0.6 is 0 Å². The molecule has 6 heteroatoms. The highest BCUT2D eigenvalue weighted by Gasteiger charge is 2.37. The van der Waals surface area contributed by atoms with E-state index in [0.29, 0.717) is 48.3 Å². The highest BCUT2D eigenvalue weighted by Crippen LogP contribution is 2.29. The van der Waals surface area contributed by atoms with Gasteiger partial charge in [-0.05, 0) is 43.4 Å². The molecule has 136 valence electrons. The Morgan fingerprint density at radius 2 is 1.92 bits per heavy atom. The number of benzene rings is 1. The Balaban J connectivity index is 1.44. The third-order valence-electron chi connectivity index (χ3n) is 5.10. The molecule has 2 heterocycles. The molecule has 2 fully saturated rings. The Morgan fingerprint density at radius 3 is 2.56 bits per heavy atom. The lowest BCUT2D eigenvalue weighted by Crippen LogP contribution is -2.31. The van der Waals surface area contributed by atoms with Gasteiger partial charge in [-0.3, -0.25) is 9.59 Å². The first-order chi connectivity index (χ1) is 12.1. The zero-order valence-electron chi connectivity index (χ0n) is 14.9. The Labute approximate surface area is 148 Å². The van der Waals surface area contributed by atoms with Crippen LogP contribution < -0.4 is 14.8 Å². The van der Waals surface area contributed by atoms with Gasteiger partial charge in [-0.15, -0.1) is 0 Å². The van der Waals surface area contributed by atoms with Crippen molar-refractivity contribution >= 4 is 11.7 Å². The number of fused-ring (bicyclic) bond motifs is 1. The van der Waals surface area contributed by atoms with Crippen molar-refractivity contribution in [3.8, 4) is 11.5 Å². The second-order valence-corrected chi connectivity index (χ2v) is 6.85. The summed E-state index contributed by atoms with van der Waals surface area (Å²) in [6.45, 7) is 5.81. The smallest absolute Gasteiger partial charge is 0.222 e. The van der Waals surface area contributed by atoms with Crippen molar-refractivity contribution in [3.63, 3.8) is 0 Å². The Hall–Kier alpha value is -2.08. The van der Waals surface area contributed by atoms with Crippen molar-refractivity contribution in [1.82, 2.24) is 10.2 Å². The molecule has 0 bridgehead atoms. The second-order valence-electron chi connectivity index (χ2n) is 6.85.